The lowest BCUT2D eigenvalue weighted by molar-refractivity contribution is 0.550. The van der Waals surface area contributed by atoms with E-state index in [-0.39, 0.29) is 10.8 Å². The van der Waals surface area contributed by atoms with Gasteiger partial charge in [-0.05, 0) is 152 Å². The van der Waals surface area contributed by atoms with Crippen molar-refractivity contribution in [2.45, 2.75) is 62.2 Å². The summed E-state index contributed by atoms with van der Waals surface area (Å²) in [5.41, 5.74) is 21.9. The monoisotopic (exact) mass is 667 g/mol. The number of hydrogen-bond donors (Lipinski definition) is 0. The van der Waals surface area contributed by atoms with Crippen LogP contribution in [-0.2, 0) is 10.8 Å². The predicted octanol–water partition coefficient (Wildman–Crippen LogP) is 13.4. The summed E-state index contributed by atoms with van der Waals surface area (Å²) in [6.07, 6.45) is 12.0. The lowest BCUT2D eigenvalue weighted by Gasteiger charge is -2.27. The lowest BCUT2D eigenvalue weighted by Crippen LogP contribution is -2.20. The molecule has 4 aliphatic carbocycles. The Labute approximate surface area is 307 Å². The first-order chi connectivity index (χ1) is 25.7. The van der Waals surface area contributed by atoms with Gasteiger partial charge >= 0.3 is 0 Å². The Morgan fingerprint density at radius 3 is 1.29 bits per heavy atom. The molecule has 2 spiro atoms. The quantitative estimate of drug-likeness (QED) is 0.182. The van der Waals surface area contributed by atoms with Gasteiger partial charge in [0.1, 0.15) is 0 Å². The van der Waals surface area contributed by atoms with Gasteiger partial charge in [0.05, 0.1) is 5.69 Å². The van der Waals surface area contributed by atoms with Crippen molar-refractivity contribution in [1.29, 1.82) is 0 Å². The number of aromatic nitrogens is 1. The summed E-state index contributed by atoms with van der Waals surface area (Å²) in [6, 6.07) is 55.5. The molecule has 4 aliphatic rings. The molecule has 0 aliphatic heterocycles. The zero-order valence-electron chi connectivity index (χ0n) is 29.5. The van der Waals surface area contributed by atoms with Gasteiger partial charge in [-0.15, -0.1) is 0 Å². The summed E-state index contributed by atoms with van der Waals surface area (Å²) in [7, 11) is 0. The van der Waals surface area contributed by atoms with Crippen molar-refractivity contribution in [1.82, 2.24) is 4.98 Å². The first-order valence-corrected chi connectivity index (χ1v) is 19.4. The molecule has 11 rings (SSSR count). The molecule has 1 heterocycles. The summed E-state index contributed by atoms with van der Waals surface area (Å²) in [4.78, 5) is 4.68. The van der Waals surface area contributed by atoms with E-state index in [1.54, 1.807) is 11.1 Å². The highest BCUT2D eigenvalue weighted by Crippen LogP contribution is 2.59. The maximum absolute atomic E-state index is 4.68. The van der Waals surface area contributed by atoms with Crippen LogP contribution in [0.4, 0.5) is 0 Å². The SMILES string of the molecule is c1ccc(-c2cccc(-c3cc(-c4ccc5c(c4)C4(CCCC4)c4ccccc4-5)cc(-c4ccc5c(c4)C4(CCCC4)c4ccccc4-5)c3)c2)nc1. The first kappa shape index (κ1) is 30.1. The van der Waals surface area contributed by atoms with Crippen LogP contribution in [0.15, 0.2) is 152 Å². The van der Waals surface area contributed by atoms with Gasteiger partial charge in [-0.3, -0.25) is 4.98 Å². The van der Waals surface area contributed by atoms with Crippen molar-refractivity contribution in [2.24, 2.45) is 0 Å². The molecule has 2 fully saturated rings. The number of benzene rings is 6. The Morgan fingerprint density at radius 1 is 0.327 bits per heavy atom. The second-order valence-corrected chi connectivity index (χ2v) is 15.8. The minimum Gasteiger partial charge on any atom is -0.256 e. The van der Waals surface area contributed by atoms with Crippen LogP contribution < -0.4 is 0 Å². The summed E-state index contributed by atoms with van der Waals surface area (Å²) < 4.78 is 0. The molecule has 0 amide bonds. The topological polar surface area (TPSA) is 12.9 Å². The Bertz CT molecular complexity index is 2390. The molecule has 52 heavy (non-hydrogen) atoms. The van der Waals surface area contributed by atoms with E-state index in [2.05, 4.69) is 145 Å². The molecule has 0 N–H and O–H groups in total. The van der Waals surface area contributed by atoms with Crippen LogP contribution in [0.5, 0.6) is 0 Å². The Morgan fingerprint density at radius 2 is 0.769 bits per heavy atom. The number of rotatable bonds is 4. The van der Waals surface area contributed by atoms with Gasteiger partial charge in [0.2, 0.25) is 0 Å². The highest BCUT2D eigenvalue weighted by atomic mass is 14.7. The molecular formula is C51H41N. The highest BCUT2D eigenvalue weighted by Gasteiger charge is 2.46. The van der Waals surface area contributed by atoms with Gasteiger partial charge in [-0.1, -0.05) is 123 Å². The van der Waals surface area contributed by atoms with Crippen LogP contribution in [0.3, 0.4) is 0 Å². The Hall–Kier alpha value is -5.53. The predicted molar refractivity (Wildman–Crippen MR) is 215 cm³/mol. The van der Waals surface area contributed by atoms with E-state index in [4.69, 9.17) is 0 Å². The molecular weight excluding hydrogens is 627 g/mol. The largest absolute Gasteiger partial charge is 0.256 e. The van der Waals surface area contributed by atoms with E-state index in [1.165, 1.54) is 118 Å². The smallest absolute Gasteiger partial charge is 0.0702 e. The Balaban J connectivity index is 1.10. The van der Waals surface area contributed by atoms with E-state index < -0.39 is 0 Å². The van der Waals surface area contributed by atoms with Gasteiger partial charge in [-0.25, -0.2) is 0 Å². The highest BCUT2D eigenvalue weighted by molar-refractivity contribution is 5.89. The van der Waals surface area contributed by atoms with Gasteiger partial charge in [0.25, 0.3) is 0 Å². The normalized spacial score (nSPS) is 16.9. The molecule has 250 valence electrons. The molecule has 1 aromatic heterocycles. The number of nitrogens with zero attached hydrogens (tertiary/aromatic N) is 1. The fraction of sp³-hybridized carbons (Fsp3) is 0.196. The van der Waals surface area contributed by atoms with Crippen LogP contribution in [0.1, 0.15) is 73.6 Å². The fourth-order valence-corrected chi connectivity index (χ4v) is 10.8. The minimum atomic E-state index is 0.143. The van der Waals surface area contributed by atoms with Gasteiger partial charge < -0.3 is 0 Å². The first-order valence-electron chi connectivity index (χ1n) is 19.4. The van der Waals surface area contributed by atoms with E-state index in [1.807, 2.05) is 12.3 Å². The van der Waals surface area contributed by atoms with Gasteiger partial charge in [0.15, 0.2) is 0 Å². The molecule has 2 saturated carbocycles. The van der Waals surface area contributed by atoms with Crippen molar-refractivity contribution in [3.05, 3.63) is 174 Å². The maximum atomic E-state index is 4.68. The van der Waals surface area contributed by atoms with E-state index in [0.717, 1.165) is 11.3 Å². The molecule has 7 aromatic rings. The molecule has 0 bridgehead atoms. The van der Waals surface area contributed by atoms with Crippen LogP contribution in [0, 0.1) is 0 Å². The molecule has 0 atom stereocenters. The van der Waals surface area contributed by atoms with Crippen LogP contribution in [0.2, 0.25) is 0 Å². The zero-order chi connectivity index (χ0) is 34.3. The Kier molecular flexibility index (Phi) is 6.66. The fourth-order valence-electron chi connectivity index (χ4n) is 10.8. The van der Waals surface area contributed by atoms with Crippen LogP contribution in [-0.4, -0.2) is 4.98 Å². The molecule has 0 unspecified atom stereocenters. The molecule has 0 radical (unpaired) electrons. The van der Waals surface area contributed by atoms with Crippen molar-refractivity contribution < 1.29 is 0 Å². The van der Waals surface area contributed by atoms with E-state index in [0.29, 0.717) is 0 Å². The average molecular weight is 668 g/mol. The van der Waals surface area contributed by atoms with Crippen LogP contribution in [0.25, 0.3) is 66.9 Å². The second-order valence-electron chi connectivity index (χ2n) is 15.8. The third kappa shape index (κ3) is 4.38. The van der Waals surface area contributed by atoms with E-state index in [9.17, 15) is 0 Å². The molecule has 1 heteroatoms. The van der Waals surface area contributed by atoms with Crippen LogP contribution >= 0.6 is 0 Å². The average Bonchev–Trinajstić information content (AvgIpc) is 4.02. The summed E-state index contributed by atoms with van der Waals surface area (Å²) in [5, 5.41) is 0. The molecule has 1 nitrogen and oxygen atoms in total. The number of hydrogen-bond acceptors (Lipinski definition) is 1. The number of fused-ring (bicyclic) bond motifs is 10. The van der Waals surface area contributed by atoms with Crippen molar-refractivity contribution in [3.8, 4) is 66.9 Å². The third-order valence-electron chi connectivity index (χ3n) is 13.2. The zero-order valence-corrected chi connectivity index (χ0v) is 29.5. The third-order valence-corrected chi connectivity index (χ3v) is 13.2. The second kappa shape index (κ2) is 11.5. The summed E-state index contributed by atoms with van der Waals surface area (Å²) >= 11 is 0. The minimum absolute atomic E-state index is 0.143. The lowest BCUT2D eigenvalue weighted by atomic mass is 9.76. The van der Waals surface area contributed by atoms with E-state index >= 15 is 0 Å². The maximum Gasteiger partial charge on any atom is 0.0702 e. The summed E-state index contributed by atoms with van der Waals surface area (Å²) in [5.74, 6) is 0. The van der Waals surface area contributed by atoms with Crippen molar-refractivity contribution in [2.75, 3.05) is 0 Å². The molecule has 0 saturated heterocycles. The standard InChI is InChI=1S/C51H41N/c1-3-16-45-41(14-1)43-21-19-35(32-47(43)50(45)23-6-7-24-50)39-29-38(34-12-11-13-37(28-34)49-18-5-10-27-52-49)30-40(31-39)36-20-22-44-42-15-2-4-17-46(42)51(48(44)33-36)25-8-9-26-51/h1-5,10-22,27-33H,6-9,23-26H2. The summed E-state index contributed by atoms with van der Waals surface area (Å²) in [6.45, 7) is 0. The van der Waals surface area contributed by atoms with Crippen molar-refractivity contribution in [3.63, 3.8) is 0 Å². The number of pyridine rings is 1. The van der Waals surface area contributed by atoms with Gasteiger partial charge in [0, 0.05) is 22.6 Å². The van der Waals surface area contributed by atoms with Crippen molar-refractivity contribution >= 4 is 0 Å². The van der Waals surface area contributed by atoms with Gasteiger partial charge in [-0.2, -0.15) is 0 Å². The molecule has 6 aromatic carbocycles.